The average molecular weight is 252 g/mol. The highest BCUT2D eigenvalue weighted by molar-refractivity contribution is 5.99. The van der Waals surface area contributed by atoms with E-state index in [2.05, 4.69) is 23.3 Å². The van der Waals surface area contributed by atoms with Crippen molar-refractivity contribution in [3.8, 4) is 0 Å². The summed E-state index contributed by atoms with van der Waals surface area (Å²) in [5, 5.41) is 5.07. The fourth-order valence-corrected chi connectivity index (χ4v) is 2.39. The maximum Gasteiger partial charge on any atom is 0.221 e. The highest BCUT2D eigenvalue weighted by Crippen LogP contribution is 2.26. The highest BCUT2D eigenvalue weighted by atomic mass is 16.1. The molecule has 1 aromatic heterocycles. The molecule has 0 aliphatic rings. The van der Waals surface area contributed by atoms with Crippen molar-refractivity contribution in [2.45, 2.75) is 13.8 Å². The van der Waals surface area contributed by atoms with Crippen LogP contribution in [0.5, 0.6) is 0 Å². The van der Waals surface area contributed by atoms with Gasteiger partial charge in [-0.2, -0.15) is 0 Å². The van der Waals surface area contributed by atoms with Crippen LogP contribution < -0.4 is 5.32 Å². The van der Waals surface area contributed by atoms with Crippen molar-refractivity contribution < 1.29 is 6.22 Å². The fourth-order valence-electron chi connectivity index (χ4n) is 2.39. The van der Waals surface area contributed by atoms with Gasteiger partial charge in [-0.05, 0) is 30.7 Å². The summed E-state index contributed by atoms with van der Waals surface area (Å²) in [4.78, 5) is 15.8. The zero-order chi connectivity index (χ0) is 13.4. The van der Waals surface area contributed by atoms with Crippen molar-refractivity contribution in [3.63, 3.8) is 0 Å². The van der Waals surface area contributed by atoms with Crippen molar-refractivity contribution in [1.82, 2.24) is 4.98 Å². The number of carbonyl (C=O) groups excluding carboxylic acids is 1. The summed E-state index contributed by atoms with van der Waals surface area (Å²) in [5.41, 5.74) is 3.88. The number of aromatic nitrogens is 1. The number of hydrogen-bond acceptors (Lipinski definition) is 2. The summed E-state index contributed by atoms with van der Waals surface area (Å²) < 4.78 is 0. The maximum atomic E-state index is 11.1. The lowest BCUT2D eigenvalue weighted by Gasteiger charge is -2.08. The molecule has 0 spiro atoms. The first-order chi connectivity index (χ1) is 9.15. The number of carbonyl (C=O) groups is 1. The third-order valence-electron chi connectivity index (χ3n) is 3.27. The largest absolute Gasteiger partial charge is 0.326 e. The van der Waals surface area contributed by atoms with Crippen LogP contribution in [0.25, 0.3) is 21.8 Å². The smallest absolute Gasteiger partial charge is 0.221 e. The Morgan fingerprint density at radius 1 is 1.11 bits per heavy atom. The molecule has 0 fully saturated rings. The van der Waals surface area contributed by atoms with E-state index >= 15 is 0 Å². The number of nitrogens with zero attached hydrogens (tertiary/aromatic N) is 1. The predicted octanol–water partition coefficient (Wildman–Crippen LogP) is 3.90. The molecule has 0 bridgehead atoms. The normalized spacial score (nSPS) is 10.8. The molecule has 0 saturated carbocycles. The Morgan fingerprint density at radius 3 is 2.63 bits per heavy atom. The molecule has 2 aromatic carbocycles. The summed E-state index contributed by atoms with van der Waals surface area (Å²) in [5.74, 6) is -0.0724. The first-order valence-corrected chi connectivity index (χ1v) is 6.22. The van der Waals surface area contributed by atoms with Gasteiger partial charge in [-0.1, -0.05) is 24.3 Å². The van der Waals surface area contributed by atoms with Gasteiger partial charge in [-0.15, -0.1) is 0 Å². The number of fused-ring (bicyclic) bond motifs is 2. The van der Waals surface area contributed by atoms with Crippen molar-refractivity contribution >= 4 is 33.4 Å². The number of aryl methyl sites for hydroxylation is 1. The summed E-state index contributed by atoms with van der Waals surface area (Å²) in [7, 11) is 0. The molecule has 3 rings (SSSR count). The van der Waals surface area contributed by atoms with Crippen LogP contribution in [-0.4, -0.2) is 10.9 Å². The first kappa shape index (κ1) is 11.7. The third-order valence-corrected chi connectivity index (χ3v) is 3.27. The van der Waals surface area contributed by atoms with E-state index in [1.165, 1.54) is 17.9 Å². The van der Waals surface area contributed by atoms with Crippen molar-refractivity contribution in [2.75, 3.05) is 5.32 Å². The number of para-hydroxylation sites is 1. The molecule has 96 valence electrons. The molecule has 1 N–H and O–H groups in total. The highest BCUT2D eigenvalue weighted by Gasteiger charge is 2.06. The zero-order valence-electron chi connectivity index (χ0n) is 10.9. The number of hydrogen-bond donors (Lipinski definition) is 1. The lowest BCUT2D eigenvalue weighted by atomic mass is 10.0. The molecule has 1 heterocycles. The van der Waals surface area contributed by atoms with Gasteiger partial charge in [-0.25, -0.2) is 4.98 Å². The molecule has 0 saturated heterocycles. The van der Waals surface area contributed by atoms with Crippen LogP contribution in [0, 0.1) is 6.92 Å². The summed E-state index contributed by atoms with van der Waals surface area (Å²) in [6.07, 6.45) is 0. The Morgan fingerprint density at radius 2 is 1.84 bits per heavy atom. The second kappa shape index (κ2) is 4.35. The van der Waals surface area contributed by atoms with Gasteiger partial charge < -0.3 is 5.32 Å². The summed E-state index contributed by atoms with van der Waals surface area (Å²) in [6, 6.07) is 13.9. The number of pyridine rings is 1. The fraction of sp³-hybridized carbons (Fsp3) is 0.125. The molecule has 0 radical (unpaired) electrons. The van der Waals surface area contributed by atoms with E-state index in [0.29, 0.717) is 0 Å². The lowest BCUT2D eigenvalue weighted by molar-refractivity contribution is -0.114. The monoisotopic (exact) mass is 252 g/mol. The SMILES string of the molecule is CC(=O)Nc1ccc2c(C)c3ccccc3nc2c1.[HH]. The van der Waals surface area contributed by atoms with Gasteiger partial charge in [0.15, 0.2) is 0 Å². The second-order valence-electron chi connectivity index (χ2n) is 4.67. The van der Waals surface area contributed by atoms with Crippen LogP contribution in [0.15, 0.2) is 42.5 Å². The van der Waals surface area contributed by atoms with Gasteiger partial charge >= 0.3 is 0 Å². The molecule has 0 atom stereocenters. The van der Waals surface area contributed by atoms with Gasteiger partial charge in [-0.3, -0.25) is 4.79 Å². The molecule has 1 amide bonds. The van der Waals surface area contributed by atoms with E-state index in [-0.39, 0.29) is 7.33 Å². The van der Waals surface area contributed by atoms with Crippen LogP contribution in [0.2, 0.25) is 0 Å². The van der Waals surface area contributed by atoms with E-state index in [0.717, 1.165) is 22.1 Å². The molecule has 0 aliphatic heterocycles. The Bertz CT molecular complexity index is 799. The number of benzene rings is 2. The van der Waals surface area contributed by atoms with Gasteiger partial charge in [0.1, 0.15) is 0 Å². The third kappa shape index (κ3) is 2.03. The quantitative estimate of drug-likeness (QED) is 0.667. The van der Waals surface area contributed by atoms with Gasteiger partial charge in [0.2, 0.25) is 5.91 Å². The van der Waals surface area contributed by atoms with Crippen molar-refractivity contribution in [3.05, 3.63) is 48.0 Å². The van der Waals surface area contributed by atoms with Crippen LogP contribution in [0.4, 0.5) is 5.69 Å². The Balaban J connectivity index is 0.00000147. The molecule has 19 heavy (non-hydrogen) atoms. The standard InChI is InChI=1S/C16H14N2O.H2/c1-10-13-5-3-4-6-15(13)18-16-9-12(17-11(2)19)7-8-14(10)16;/h3-9H,1-2H3,(H,17,19);1H. The Labute approximate surface area is 112 Å². The van der Waals surface area contributed by atoms with E-state index < -0.39 is 0 Å². The topological polar surface area (TPSA) is 42.0 Å². The molecular formula is C16H16N2O. The molecule has 0 aliphatic carbocycles. The Kier molecular flexibility index (Phi) is 2.67. The first-order valence-electron chi connectivity index (χ1n) is 6.22. The van der Waals surface area contributed by atoms with Gasteiger partial charge in [0.25, 0.3) is 0 Å². The van der Waals surface area contributed by atoms with E-state index in [1.54, 1.807) is 0 Å². The van der Waals surface area contributed by atoms with Crippen LogP contribution in [0.1, 0.15) is 13.9 Å². The summed E-state index contributed by atoms with van der Waals surface area (Å²) >= 11 is 0. The number of anilines is 1. The maximum absolute atomic E-state index is 11.1. The van der Waals surface area contributed by atoms with Crippen molar-refractivity contribution in [1.29, 1.82) is 0 Å². The number of amides is 1. The van der Waals surface area contributed by atoms with Gasteiger partial charge in [0, 0.05) is 24.8 Å². The van der Waals surface area contributed by atoms with Crippen LogP contribution >= 0.6 is 0 Å². The number of rotatable bonds is 1. The van der Waals surface area contributed by atoms with Crippen molar-refractivity contribution in [2.24, 2.45) is 0 Å². The lowest BCUT2D eigenvalue weighted by Crippen LogP contribution is -2.05. The minimum absolute atomic E-state index is 0. The van der Waals surface area contributed by atoms with Crippen LogP contribution in [0.3, 0.4) is 0 Å². The summed E-state index contributed by atoms with van der Waals surface area (Å²) in [6.45, 7) is 3.60. The van der Waals surface area contributed by atoms with E-state index in [1.807, 2.05) is 36.4 Å². The molecular weight excluding hydrogens is 236 g/mol. The predicted molar refractivity (Wildman–Crippen MR) is 80.4 cm³/mol. The van der Waals surface area contributed by atoms with E-state index in [9.17, 15) is 4.79 Å². The minimum Gasteiger partial charge on any atom is -0.326 e. The minimum atomic E-state index is -0.0724. The molecule has 3 heteroatoms. The average Bonchev–Trinajstić information content (AvgIpc) is 2.38. The second-order valence-corrected chi connectivity index (χ2v) is 4.67. The zero-order valence-corrected chi connectivity index (χ0v) is 10.9. The molecule has 3 aromatic rings. The van der Waals surface area contributed by atoms with E-state index in [4.69, 9.17) is 0 Å². The molecule has 3 nitrogen and oxygen atoms in total. The Hall–Kier alpha value is -2.42. The number of nitrogens with one attached hydrogen (secondary N) is 1. The van der Waals surface area contributed by atoms with Gasteiger partial charge in [0.05, 0.1) is 11.0 Å². The van der Waals surface area contributed by atoms with Crippen LogP contribution in [-0.2, 0) is 4.79 Å². The molecule has 0 unspecified atom stereocenters.